The number of sulfone groups is 1. The molecule has 2 saturated heterocycles. The van der Waals surface area contributed by atoms with Crippen molar-refractivity contribution in [3.8, 4) is 0 Å². The summed E-state index contributed by atoms with van der Waals surface area (Å²) in [5, 5.41) is -0.933. The Bertz CT molecular complexity index is 597. The third-order valence-electron chi connectivity index (χ3n) is 3.95. The van der Waals surface area contributed by atoms with Crippen molar-refractivity contribution in [2.24, 2.45) is 0 Å². The Morgan fingerprint density at radius 2 is 2.00 bits per heavy atom. The van der Waals surface area contributed by atoms with E-state index < -0.39 is 37.1 Å². The lowest BCUT2D eigenvalue weighted by Crippen LogP contribution is -2.51. The van der Waals surface area contributed by atoms with E-state index in [1.54, 1.807) is 6.92 Å². The molecule has 2 heterocycles. The predicted octanol–water partition coefficient (Wildman–Crippen LogP) is -0.0791. The van der Waals surface area contributed by atoms with Gasteiger partial charge in [0.2, 0.25) is 10.0 Å². The van der Waals surface area contributed by atoms with Crippen molar-refractivity contribution in [3.63, 3.8) is 0 Å². The van der Waals surface area contributed by atoms with Crippen LogP contribution >= 0.6 is 0 Å². The normalized spacial score (nSPS) is 30.1. The molecule has 7 nitrogen and oxygen atoms in total. The van der Waals surface area contributed by atoms with Crippen LogP contribution in [0.5, 0.6) is 0 Å². The van der Waals surface area contributed by atoms with Crippen molar-refractivity contribution in [3.05, 3.63) is 0 Å². The van der Waals surface area contributed by atoms with Gasteiger partial charge in [0, 0.05) is 6.54 Å². The Labute approximate surface area is 125 Å². The summed E-state index contributed by atoms with van der Waals surface area (Å²) in [5.74, 6) is -0.988. The van der Waals surface area contributed by atoms with E-state index in [1.165, 1.54) is 4.31 Å². The van der Waals surface area contributed by atoms with E-state index >= 15 is 0 Å². The zero-order valence-corrected chi connectivity index (χ0v) is 13.7. The van der Waals surface area contributed by atoms with Crippen LogP contribution in [0.2, 0.25) is 0 Å². The van der Waals surface area contributed by atoms with E-state index in [0.717, 1.165) is 6.42 Å². The number of carbonyl (C=O) groups excluding carboxylic acids is 1. The van der Waals surface area contributed by atoms with Crippen LogP contribution in [-0.2, 0) is 29.4 Å². The topological polar surface area (TPSA) is 97.8 Å². The van der Waals surface area contributed by atoms with Gasteiger partial charge in [0.1, 0.15) is 6.04 Å². The number of esters is 1. The highest BCUT2D eigenvalue weighted by atomic mass is 32.2. The first kappa shape index (κ1) is 16.7. The molecule has 0 aromatic rings. The molecular weight excluding hydrogens is 318 g/mol. The number of ether oxygens (including phenoxy) is 1. The molecular formula is C12H21NO6S2. The van der Waals surface area contributed by atoms with E-state index in [1.807, 2.05) is 0 Å². The SMILES string of the molecule is CCOC(=O)C1CCCCN1S(=O)(=O)C1CCS(=O)(=O)C1. The molecule has 122 valence electrons. The maximum atomic E-state index is 12.6. The first-order chi connectivity index (χ1) is 9.78. The largest absolute Gasteiger partial charge is 0.465 e. The summed E-state index contributed by atoms with van der Waals surface area (Å²) in [6.07, 6.45) is 1.97. The second kappa shape index (κ2) is 6.21. The molecule has 2 fully saturated rings. The Hall–Kier alpha value is -0.670. The van der Waals surface area contributed by atoms with Crippen LogP contribution in [0.3, 0.4) is 0 Å². The van der Waals surface area contributed by atoms with Crippen LogP contribution in [0.15, 0.2) is 0 Å². The first-order valence-electron chi connectivity index (χ1n) is 7.15. The summed E-state index contributed by atoms with van der Waals surface area (Å²) in [4.78, 5) is 12.0. The molecule has 0 spiro atoms. The zero-order chi connectivity index (χ0) is 15.7. The fraction of sp³-hybridized carbons (Fsp3) is 0.917. The third kappa shape index (κ3) is 3.57. The van der Waals surface area contributed by atoms with Crippen molar-refractivity contribution in [1.82, 2.24) is 4.31 Å². The third-order valence-corrected chi connectivity index (χ3v) is 8.27. The van der Waals surface area contributed by atoms with E-state index in [9.17, 15) is 21.6 Å². The molecule has 0 radical (unpaired) electrons. The first-order valence-corrected chi connectivity index (χ1v) is 10.5. The Morgan fingerprint density at radius 1 is 1.29 bits per heavy atom. The van der Waals surface area contributed by atoms with E-state index in [2.05, 4.69) is 0 Å². The predicted molar refractivity (Wildman–Crippen MR) is 77.0 cm³/mol. The van der Waals surface area contributed by atoms with Gasteiger partial charge in [0.25, 0.3) is 0 Å². The number of sulfonamides is 1. The van der Waals surface area contributed by atoms with Crippen LogP contribution in [0.4, 0.5) is 0 Å². The monoisotopic (exact) mass is 339 g/mol. The summed E-state index contributed by atoms with van der Waals surface area (Å²) in [6, 6.07) is -0.813. The van der Waals surface area contributed by atoms with Crippen molar-refractivity contribution in [2.45, 2.75) is 43.9 Å². The summed E-state index contributed by atoms with van der Waals surface area (Å²) in [7, 11) is -7.08. The highest BCUT2D eigenvalue weighted by molar-refractivity contribution is 7.95. The number of nitrogens with zero attached hydrogens (tertiary/aromatic N) is 1. The molecule has 0 N–H and O–H groups in total. The minimum absolute atomic E-state index is 0.102. The molecule has 2 aliphatic heterocycles. The average Bonchev–Trinajstić information content (AvgIpc) is 2.80. The lowest BCUT2D eigenvalue weighted by molar-refractivity contribution is -0.148. The maximum Gasteiger partial charge on any atom is 0.324 e. The molecule has 21 heavy (non-hydrogen) atoms. The van der Waals surface area contributed by atoms with Crippen molar-refractivity contribution < 1.29 is 26.4 Å². The van der Waals surface area contributed by atoms with E-state index in [4.69, 9.17) is 4.74 Å². The van der Waals surface area contributed by atoms with Gasteiger partial charge in [-0.3, -0.25) is 4.79 Å². The van der Waals surface area contributed by atoms with Crippen LogP contribution in [0.25, 0.3) is 0 Å². The van der Waals surface area contributed by atoms with Crippen LogP contribution < -0.4 is 0 Å². The standard InChI is InChI=1S/C12H21NO6S2/c1-2-19-12(14)11-5-3-4-7-13(11)21(17,18)10-6-8-20(15,16)9-10/h10-11H,2-9H2,1H3. The molecule has 0 bridgehead atoms. The van der Waals surface area contributed by atoms with Gasteiger partial charge >= 0.3 is 5.97 Å². The minimum atomic E-state index is -3.79. The van der Waals surface area contributed by atoms with Gasteiger partial charge in [-0.05, 0) is 32.6 Å². The smallest absolute Gasteiger partial charge is 0.324 e. The van der Waals surface area contributed by atoms with Gasteiger partial charge in [0.15, 0.2) is 9.84 Å². The Kier molecular flexibility index (Phi) is 4.94. The summed E-state index contributed by atoms with van der Waals surface area (Å²) < 4.78 is 54.4. The average molecular weight is 339 g/mol. The molecule has 0 saturated carbocycles. The molecule has 0 aromatic heterocycles. The molecule has 2 atom stereocenters. The lowest BCUT2D eigenvalue weighted by Gasteiger charge is -2.34. The van der Waals surface area contributed by atoms with E-state index in [0.29, 0.717) is 12.8 Å². The van der Waals surface area contributed by atoms with Crippen molar-refractivity contribution in [1.29, 1.82) is 0 Å². The van der Waals surface area contributed by atoms with E-state index in [-0.39, 0.29) is 31.1 Å². The van der Waals surface area contributed by atoms with Crippen molar-refractivity contribution in [2.75, 3.05) is 24.7 Å². The molecule has 0 aliphatic carbocycles. The van der Waals surface area contributed by atoms with Crippen LogP contribution in [0, 0.1) is 0 Å². The van der Waals surface area contributed by atoms with Gasteiger partial charge < -0.3 is 4.74 Å². The van der Waals surface area contributed by atoms with Gasteiger partial charge in [-0.15, -0.1) is 0 Å². The quantitative estimate of drug-likeness (QED) is 0.665. The molecule has 0 aromatic carbocycles. The highest BCUT2D eigenvalue weighted by Gasteiger charge is 2.45. The highest BCUT2D eigenvalue weighted by Crippen LogP contribution is 2.28. The number of piperidine rings is 1. The maximum absolute atomic E-state index is 12.6. The summed E-state index contributed by atoms with van der Waals surface area (Å²) in [6.45, 7) is 2.12. The second-order valence-corrected chi connectivity index (χ2v) is 9.84. The summed E-state index contributed by atoms with van der Waals surface area (Å²) >= 11 is 0. The fourth-order valence-electron chi connectivity index (χ4n) is 2.87. The number of rotatable bonds is 4. The molecule has 9 heteroatoms. The Balaban J connectivity index is 2.22. The number of hydrogen-bond acceptors (Lipinski definition) is 6. The van der Waals surface area contributed by atoms with Gasteiger partial charge in [-0.1, -0.05) is 0 Å². The zero-order valence-electron chi connectivity index (χ0n) is 12.0. The van der Waals surface area contributed by atoms with Crippen LogP contribution in [-0.4, -0.2) is 63.1 Å². The minimum Gasteiger partial charge on any atom is -0.465 e. The lowest BCUT2D eigenvalue weighted by atomic mass is 10.1. The number of hydrogen-bond donors (Lipinski definition) is 0. The number of carbonyl (C=O) groups is 1. The van der Waals surface area contributed by atoms with Crippen LogP contribution in [0.1, 0.15) is 32.6 Å². The van der Waals surface area contributed by atoms with Crippen molar-refractivity contribution >= 4 is 25.8 Å². The molecule has 2 unspecified atom stereocenters. The molecule has 2 rings (SSSR count). The molecule has 2 aliphatic rings. The summed E-state index contributed by atoms with van der Waals surface area (Å²) in [5.41, 5.74) is 0. The van der Waals surface area contributed by atoms with Gasteiger partial charge in [-0.25, -0.2) is 16.8 Å². The molecule has 0 amide bonds. The van der Waals surface area contributed by atoms with Gasteiger partial charge in [0.05, 0.1) is 23.4 Å². The Morgan fingerprint density at radius 3 is 2.57 bits per heavy atom. The second-order valence-electron chi connectivity index (χ2n) is 5.44. The van der Waals surface area contributed by atoms with Gasteiger partial charge in [-0.2, -0.15) is 4.31 Å². The fourth-order valence-corrected chi connectivity index (χ4v) is 7.60.